The van der Waals surface area contributed by atoms with Crippen LogP contribution in [-0.2, 0) is 14.8 Å². The number of rotatable bonds is 7. The minimum Gasteiger partial charge on any atom is -0.394 e. The number of hydrogen-bond acceptors (Lipinski definition) is 4. The van der Waals surface area contributed by atoms with E-state index >= 15 is 0 Å². The lowest BCUT2D eigenvalue weighted by Gasteiger charge is -2.25. The van der Waals surface area contributed by atoms with Gasteiger partial charge in [0.25, 0.3) is 0 Å². The fourth-order valence-electron chi connectivity index (χ4n) is 1.13. The summed E-state index contributed by atoms with van der Waals surface area (Å²) < 4.78 is 25.2. The van der Waals surface area contributed by atoms with Crippen LogP contribution in [0.4, 0.5) is 0 Å². The van der Waals surface area contributed by atoms with Crippen LogP contribution in [0.5, 0.6) is 0 Å². The molecule has 0 aliphatic rings. The molecule has 17 heavy (non-hydrogen) atoms. The number of nitrogens with one attached hydrogen (secondary N) is 2. The molecule has 0 aliphatic carbocycles. The third-order valence-electron chi connectivity index (χ3n) is 2.08. The lowest BCUT2D eigenvalue weighted by molar-refractivity contribution is -0.124. The Hall–Kier alpha value is -0.660. The van der Waals surface area contributed by atoms with E-state index in [1.807, 2.05) is 0 Å². The molecule has 0 aromatic heterocycles. The summed E-state index contributed by atoms with van der Waals surface area (Å²) in [6.45, 7) is 6.30. The van der Waals surface area contributed by atoms with E-state index in [-0.39, 0.29) is 12.4 Å². The number of carbonyl (C=O) groups excluding carboxylic acids is 1. The van der Waals surface area contributed by atoms with Crippen molar-refractivity contribution >= 4 is 15.9 Å². The van der Waals surface area contributed by atoms with Gasteiger partial charge in [-0.2, -0.15) is 0 Å². The summed E-state index contributed by atoms with van der Waals surface area (Å²) >= 11 is 0. The van der Waals surface area contributed by atoms with Crippen molar-refractivity contribution in [1.29, 1.82) is 0 Å². The quantitative estimate of drug-likeness (QED) is 0.584. The van der Waals surface area contributed by atoms with Gasteiger partial charge >= 0.3 is 0 Å². The van der Waals surface area contributed by atoms with Crippen LogP contribution in [-0.4, -0.2) is 43.4 Å². The lowest BCUT2D eigenvalue weighted by atomic mass is 10.1. The Morgan fingerprint density at radius 3 is 2.35 bits per heavy atom. The van der Waals surface area contributed by atoms with Crippen molar-refractivity contribution in [2.24, 2.45) is 0 Å². The number of sulfonamides is 1. The Morgan fingerprint density at radius 1 is 1.41 bits per heavy atom. The van der Waals surface area contributed by atoms with Gasteiger partial charge in [0.15, 0.2) is 0 Å². The third kappa shape index (κ3) is 6.60. The highest BCUT2D eigenvalue weighted by atomic mass is 32.2. The Kier molecular flexibility index (Phi) is 6.08. The van der Waals surface area contributed by atoms with E-state index in [2.05, 4.69) is 10.0 Å². The number of amides is 1. The van der Waals surface area contributed by atoms with E-state index in [9.17, 15) is 13.2 Å². The number of aliphatic hydroxyl groups excluding tert-OH is 1. The maximum Gasteiger partial charge on any atom is 0.238 e. The number of carbonyl (C=O) groups is 1. The summed E-state index contributed by atoms with van der Waals surface area (Å²) in [6, 6.07) is -0.850. The molecule has 0 rings (SSSR count). The first-order valence-electron chi connectivity index (χ1n) is 5.56. The van der Waals surface area contributed by atoms with Crippen molar-refractivity contribution in [2.45, 2.75) is 45.7 Å². The van der Waals surface area contributed by atoms with Crippen molar-refractivity contribution in [3.8, 4) is 0 Å². The molecule has 0 saturated carbocycles. The SMILES string of the molecule is CCCS(=O)(=O)NC(C)C(=O)NC(C)(C)CO. The summed E-state index contributed by atoms with van der Waals surface area (Å²) in [5.74, 6) is -0.461. The predicted octanol–water partition coefficient (Wildman–Crippen LogP) is -0.409. The topological polar surface area (TPSA) is 95.5 Å². The largest absolute Gasteiger partial charge is 0.394 e. The molecule has 0 bridgehead atoms. The van der Waals surface area contributed by atoms with Gasteiger partial charge in [0.2, 0.25) is 15.9 Å². The highest BCUT2D eigenvalue weighted by Gasteiger charge is 2.25. The summed E-state index contributed by atoms with van der Waals surface area (Å²) in [5, 5.41) is 11.5. The molecule has 3 N–H and O–H groups in total. The van der Waals surface area contributed by atoms with Crippen molar-refractivity contribution in [1.82, 2.24) is 10.0 Å². The van der Waals surface area contributed by atoms with Crippen molar-refractivity contribution in [3.05, 3.63) is 0 Å². The molecule has 6 nitrogen and oxygen atoms in total. The summed E-state index contributed by atoms with van der Waals surface area (Å²) in [7, 11) is -3.41. The smallest absolute Gasteiger partial charge is 0.238 e. The van der Waals surface area contributed by atoms with E-state index in [1.165, 1.54) is 6.92 Å². The minimum absolute atomic E-state index is 0.00594. The van der Waals surface area contributed by atoms with Gasteiger partial charge in [0, 0.05) is 0 Å². The molecule has 0 radical (unpaired) electrons. The van der Waals surface area contributed by atoms with Gasteiger partial charge in [-0.05, 0) is 27.2 Å². The molecule has 0 aliphatic heterocycles. The molecular formula is C10H22N2O4S. The molecule has 0 spiro atoms. The fraction of sp³-hybridized carbons (Fsp3) is 0.900. The molecule has 0 saturated heterocycles. The molecule has 0 heterocycles. The van der Waals surface area contributed by atoms with E-state index in [0.717, 1.165) is 0 Å². The summed E-state index contributed by atoms with van der Waals surface area (Å²) in [4.78, 5) is 11.7. The average molecular weight is 266 g/mol. The maximum atomic E-state index is 11.7. The first-order valence-corrected chi connectivity index (χ1v) is 7.21. The first kappa shape index (κ1) is 16.3. The second-order valence-electron chi connectivity index (χ2n) is 4.69. The molecule has 1 unspecified atom stereocenters. The molecule has 1 atom stereocenters. The van der Waals surface area contributed by atoms with Crippen LogP contribution in [0.1, 0.15) is 34.1 Å². The minimum atomic E-state index is -3.41. The molecule has 102 valence electrons. The standard InChI is InChI=1S/C10H22N2O4S/c1-5-6-17(15,16)12-8(2)9(14)11-10(3,4)7-13/h8,12-13H,5-7H2,1-4H3,(H,11,14). The highest BCUT2D eigenvalue weighted by molar-refractivity contribution is 7.89. The Bertz CT molecular complexity index is 351. The molecule has 0 aromatic rings. The normalized spacial score (nSPS) is 14.4. The maximum absolute atomic E-state index is 11.7. The molecular weight excluding hydrogens is 244 g/mol. The Balaban J connectivity index is 4.43. The van der Waals surface area contributed by atoms with Gasteiger partial charge in [-0.3, -0.25) is 4.79 Å². The van der Waals surface area contributed by atoms with Gasteiger partial charge < -0.3 is 10.4 Å². The van der Waals surface area contributed by atoms with Crippen molar-refractivity contribution in [3.63, 3.8) is 0 Å². The molecule has 0 aromatic carbocycles. The van der Waals surface area contributed by atoms with Crippen LogP contribution in [0.2, 0.25) is 0 Å². The van der Waals surface area contributed by atoms with Crippen LogP contribution in [0.25, 0.3) is 0 Å². The van der Waals surface area contributed by atoms with E-state index in [0.29, 0.717) is 6.42 Å². The molecule has 1 amide bonds. The highest BCUT2D eigenvalue weighted by Crippen LogP contribution is 2.01. The van der Waals surface area contributed by atoms with Gasteiger partial charge in [-0.1, -0.05) is 6.92 Å². The monoisotopic (exact) mass is 266 g/mol. The van der Waals surface area contributed by atoms with Crippen LogP contribution in [0.15, 0.2) is 0 Å². The second kappa shape index (κ2) is 6.32. The molecule has 0 fully saturated rings. The predicted molar refractivity (Wildman–Crippen MR) is 66.0 cm³/mol. The van der Waals surface area contributed by atoms with Crippen LogP contribution >= 0.6 is 0 Å². The van der Waals surface area contributed by atoms with Gasteiger partial charge in [0.1, 0.15) is 0 Å². The zero-order valence-electron chi connectivity index (χ0n) is 10.8. The summed E-state index contributed by atoms with van der Waals surface area (Å²) in [5.41, 5.74) is -0.762. The zero-order chi connectivity index (χ0) is 13.7. The molecule has 7 heteroatoms. The fourth-order valence-corrected chi connectivity index (χ4v) is 2.43. The van der Waals surface area contributed by atoms with E-state index in [1.54, 1.807) is 20.8 Å². The average Bonchev–Trinajstić information content (AvgIpc) is 2.16. The van der Waals surface area contributed by atoms with Gasteiger partial charge in [0.05, 0.1) is 23.9 Å². The zero-order valence-corrected chi connectivity index (χ0v) is 11.6. The number of aliphatic hydroxyl groups is 1. The van der Waals surface area contributed by atoms with E-state index in [4.69, 9.17) is 5.11 Å². The van der Waals surface area contributed by atoms with Crippen molar-refractivity contribution in [2.75, 3.05) is 12.4 Å². The van der Waals surface area contributed by atoms with Crippen LogP contribution < -0.4 is 10.0 Å². The Labute approximate surface area is 103 Å². The summed E-state index contributed by atoms with van der Waals surface area (Å²) in [6.07, 6.45) is 0.492. The van der Waals surface area contributed by atoms with Crippen LogP contribution in [0.3, 0.4) is 0 Å². The Morgan fingerprint density at radius 2 is 1.94 bits per heavy atom. The van der Waals surface area contributed by atoms with Gasteiger partial charge in [-0.25, -0.2) is 13.1 Å². The lowest BCUT2D eigenvalue weighted by Crippen LogP contribution is -2.53. The van der Waals surface area contributed by atoms with Crippen molar-refractivity contribution < 1.29 is 18.3 Å². The third-order valence-corrected chi connectivity index (χ3v) is 3.74. The second-order valence-corrected chi connectivity index (χ2v) is 6.56. The van der Waals surface area contributed by atoms with Crippen LogP contribution in [0, 0.1) is 0 Å². The number of hydrogen-bond donors (Lipinski definition) is 3. The van der Waals surface area contributed by atoms with E-state index < -0.39 is 27.5 Å². The van der Waals surface area contributed by atoms with Gasteiger partial charge in [-0.15, -0.1) is 0 Å². The first-order chi connectivity index (χ1) is 7.63.